The lowest BCUT2D eigenvalue weighted by atomic mass is 10.1. The van der Waals surface area contributed by atoms with Crippen LogP contribution in [0.1, 0.15) is 24.8 Å². The number of benzene rings is 1. The van der Waals surface area contributed by atoms with Gasteiger partial charge in [-0.2, -0.15) is 0 Å². The van der Waals surface area contributed by atoms with Gasteiger partial charge < -0.3 is 15.1 Å². The van der Waals surface area contributed by atoms with E-state index in [2.05, 4.69) is 54.3 Å². The van der Waals surface area contributed by atoms with Gasteiger partial charge in [0, 0.05) is 44.6 Å². The number of anilines is 2. The fraction of sp³-hybridized carbons (Fsp3) is 0.647. The van der Waals surface area contributed by atoms with Crippen molar-refractivity contribution < 1.29 is 0 Å². The first-order valence-corrected chi connectivity index (χ1v) is 7.91. The fourth-order valence-corrected chi connectivity index (χ4v) is 3.28. The van der Waals surface area contributed by atoms with Crippen molar-refractivity contribution in [3.05, 3.63) is 23.8 Å². The Labute approximate surface area is 123 Å². The van der Waals surface area contributed by atoms with Gasteiger partial charge >= 0.3 is 0 Å². The molecule has 0 amide bonds. The molecule has 1 saturated carbocycles. The van der Waals surface area contributed by atoms with Crippen LogP contribution < -0.4 is 15.1 Å². The van der Waals surface area contributed by atoms with Gasteiger partial charge in [-0.05, 0) is 56.3 Å². The summed E-state index contributed by atoms with van der Waals surface area (Å²) in [5.41, 5.74) is 4.07. The van der Waals surface area contributed by atoms with E-state index in [4.69, 9.17) is 0 Å². The van der Waals surface area contributed by atoms with Crippen LogP contribution in [0.15, 0.2) is 18.2 Å². The van der Waals surface area contributed by atoms with Crippen molar-refractivity contribution in [1.29, 1.82) is 0 Å². The van der Waals surface area contributed by atoms with Crippen LogP contribution in [0.4, 0.5) is 11.4 Å². The zero-order chi connectivity index (χ0) is 14.1. The third-order valence-corrected chi connectivity index (χ3v) is 4.66. The highest BCUT2D eigenvalue weighted by molar-refractivity contribution is 5.63. The average molecular weight is 273 g/mol. The van der Waals surface area contributed by atoms with Crippen molar-refractivity contribution >= 4 is 11.4 Å². The summed E-state index contributed by atoms with van der Waals surface area (Å²) in [6.45, 7) is 5.70. The van der Waals surface area contributed by atoms with E-state index in [1.54, 1.807) is 0 Å². The van der Waals surface area contributed by atoms with Gasteiger partial charge in [-0.25, -0.2) is 0 Å². The molecule has 20 heavy (non-hydrogen) atoms. The Kier molecular flexibility index (Phi) is 3.88. The first-order valence-electron chi connectivity index (χ1n) is 7.91. The predicted molar refractivity (Wildman–Crippen MR) is 86.9 cm³/mol. The molecule has 2 fully saturated rings. The van der Waals surface area contributed by atoms with Crippen LogP contribution in [-0.2, 0) is 0 Å². The molecule has 0 radical (unpaired) electrons. The Morgan fingerprint density at radius 2 is 2.05 bits per heavy atom. The Balaban J connectivity index is 1.81. The van der Waals surface area contributed by atoms with Gasteiger partial charge in [-0.15, -0.1) is 0 Å². The molecule has 1 aliphatic heterocycles. The molecule has 2 aliphatic rings. The SMILES string of the molecule is Cc1ccc(N2CCCNC(C3CC3)C2)cc1N(C)C. The van der Waals surface area contributed by atoms with Crippen molar-refractivity contribution in [2.75, 3.05) is 43.5 Å². The lowest BCUT2D eigenvalue weighted by Crippen LogP contribution is -2.39. The number of hydrogen-bond donors (Lipinski definition) is 1. The minimum Gasteiger partial charge on any atom is -0.377 e. The van der Waals surface area contributed by atoms with Gasteiger partial charge in [-0.3, -0.25) is 0 Å². The number of nitrogens with one attached hydrogen (secondary N) is 1. The minimum absolute atomic E-state index is 0.696. The number of hydrogen-bond acceptors (Lipinski definition) is 3. The molecule has 3 heteroatoms. The third kappa shape index (κ3) is 2.93. The van der Waals surface area contributed by atoms with Crippen LogP contribution in [-0.4, -0.2) is 39.8 Å². The summed E-state index contributed by atoms with van der Waals surface area (Å²) < 4.78 is 0. The van der Waals surface area contributed by atoms with Gasteiger partial charge in [-0.1, -0.05) is 6.07 Å². The van der Waals surface area contributed by atoms with E-state index in [-0.39, 0.29) is 0 Å². The first kappa shape index (κ1) is 13.7. The standard InChI is InChI=1S/C17H27N3/c1-13-5-8-15(11-17(13)19(2)3)20-10-4-9-18-16(12-20)14-6-7-14/h5,8,11,14,16,18H,4,6-7,9-10,12H2,1-3H3. The molecule has 1 unspecified atom stereocenters. The molecule has 1 heterocycles. The largest absolute Gasteiger partial charge is 0.377 e. The summed E-state index contributed by atoms with van der Waals surface area (Å²) >= 11 is 0. The molecule has 1 aliphatic carbocycles. The zero-order valence-corrected chi connectivity index (χ0v) is 13.0. The number of rotatable bonds is 3. The van der Waals surface area contributed by atoms with E-state index in [1.165, 1.54) is 55.8 Å². The predicted octanol–water partition coefficient (Wildman–Crippen LogP) is 2.64. The third-order valence-electron chi connectivity index (χ3n) is 4.66. The molecule has 1 aromatic rings. The highest BCUT2D eigenvalue weighted by Gasteiger charge is 2.33. The van der Waals surface area contributed by atoms with E-state index in [0.29, 0.717) is 6.04 Å². The average Bonchev–Trinajstić information content (AvgIpc) is 3.25. The molecule has 0 spiro atoms. The van der Waals surface area contributed by atoms with Crippen molar-refractivity contribution in [3.63, 3.8) is 0 Å². The maximum Gasteiger partial charge on any atom is 0.0411 e. The molecule has 1 aromatic carbocycles. The Morgan fingerprint density at radius 3 is 2.75 bits per heavy atom. The van der Waals surface area contributed by atoms with Crippen molar-refractivity contribution in [1.82, 2.24) is 5.32 Å². The van der Waals surface area contributed by atoms with Gasteiger partial charge in [0.2, 0.25) is 0 Å². The topological polar surface area (TPSA) is 18.5 Å². The van der Waals surface area contributed by atoms with Crippen molar-refractivity contribution in [3.8, 4) is 0 Å². The molecule has 110 valence electrons. The molecular formula is C17H27N3. The van der Waals surface area contributed by atoms with Crippen LogP contribution in [0.25, 0.3) is 0 Å². The molecule has 1 N–H and O–H groups in total. The zero-order valence-electron chi connectivity index (χ0n) is 13.0. The summed E-state index contributed by atoms with van der Waals surface area (Å²) in [5, 5.41) is 3.74. The second-order valence-electron chi connectivity index (χ2n) is 6.56. The second kappa shape index (κ2) is 5.65. The summed E-state index contributed by atoms with van der Waals surface area (Å²) in [5.74, 6) is 0.925. The molecule has 0 bridgehead atoms. The van der Waals surface area contributed by atoms with E-state index in [0.717, 1.165) is 5.92 Å². The number of nitrogens with zero attached hydrogens (tertiary/aromatic N) is 2. The van der Waals surface area contributed by atoms with E-state index < -0.39 is 0 Å². The van der Waals surface area contributed by atoms with Gasteiger partial charge in [0.15, 0.2) is 0 Å². The van der Waals surface area contributed by atoms with Crippen LogP contribution in [0.3, 0.4) is 0 Å². The number of aryl methyl sites for hydroxylation is 1. The Hall–Kier alpha value is -1.22. The van der Waals surface area contributed by atoms with Gasteiger partial charge in [0.1, 0.15) is 0 Å². The summed E-state index contributed by atoms with van der Waals surface area (Å²) in [6, 6.07) is 7.60. The van der Waals surface area contributed by atoms with Gasteiger partial charge in [0.05, 0.1) is 0 Å². The Morgan fingerprint density at radius 1 is 1.25 bits per heavy atom. The maximum absolute atomic E-state index is 3.74. The van der Waals surface area contributed by atoms with Crippen LogP contribution in [0, 0.1) is 12.8 Å². The second-order valence-corrected chi connectivity index (χ2v) is 6.56. The molecule has 3 rings (SSSR count). The highest BCUT2D eigenvalue weighted by atomic mass is 15.2. The lowest BCUT2D eigenvalue weighted by molar-refractivity contribution is 0.490. The van der Waals surface area contributed by atoms with E-state index in [9.17, 15) is 0 Å². The maximum atomic E-state index is 3.74. The van der Waals surface area contributed by atoms with E-state index >= 15 is 0 Å². The Bertz CT molecular complexity index is 465. The minimum atomic E-state index is 0.696. The van der Waals surface area contributed by atoms with Crippen LogP contribution >= 0.6 is 0 Å². The molecule has 1 saturated heterocycles. The summed E-state index contributed by atoms with van der Waals surface area (Å²) in [6.07, 6.45) is 4.08. The van der Waals surface area contributed by atoms with Gasteiger partial charge in [0.25, 0.3) is 0 Å². The first-order chi connectivity index (χ1) is 9.65. The molecule has 0 aromatic heterocycles. The lowest BCUT2D eigenvalue weighted by Gasteiger charge is -2.28. The monoisotopic (exact) mass is 273 g/mol. The smallest absolute Gasteiger partial charge is 0.0411 e. The van der Waals surface area contributed by atoms with Crippen molar-refractivity contribution in [2.24, 2.45) is 5.92 Å². The molecule has 1 atom stereocenters. The fourth-order valence-electron chi connectivity index (χ4n) is 3.28. The van der Waals surface area contributed by atoms with Crippen LogP contribution in [0.2, 0.25) is 0 Å². The quantitative estimate of drug-likeness (QED) is 0.913. The molecular weight excluding hydrogens is 246 g/mol. The summed E-state index contributed by atoms with van der Waals surface area (Å²) in [4.78, 5) is 4.79. The van der Waals surface area contributed by atoms with Crippen LogP contribution in [0.5, 0.6) is 0 Å². The van der Waals surface area contributed by atoms with Crippen molar-refractivity contribution in [2.45, 2.75) is 32.2 Å². The molecule has 3 nitrogen and oxygen atoms in total. The highest BCUT2D eigenvalue weighted by Crippen LogP contribution is 2.34. The van der Waals surface area contributed by atoms with E-state index in [1.807, 2.05) is 0 Å². The summed E-state index contributed by atoms with van der Waals surface area (Å²) in [7, 11) is 4.26. The normalized spacial score (nSPS) is 23.6.